The fourth-order valence-corrected chi connectivity index (χ4v) is 1.84. The molecule has 0 aliphatic rings. The second-order valence-corrected chi connectivity index (χ2v) is 4.40. The smallest absolute Gasteiger partial charge is 0.337 e. The Morgan fingerprint density at radius 2 is 2.21 bits per heavy atom. The van der Waals surface area contributed by atoms with Crippen LogP contribution < -0.4 is 5.32 Å². The van der Waals surface area contributed by atoms with E-state index in [9.17, 15) is 4.79 Å². The molecule has 1 heterocycles. The van der Waals surface area contributed by atoms with E-state index in [1.807, 2.05) is 26.0 Å². The van der Waals surface area contributed by atoms with Crippen molar-refractivity contribution in [1.82, 2.24) is 10.2 Å². The number of methoxy groups -OCH3 is 1. The summed E-state index contributed by atoms with van der Waals surface area (Å²) in [5, 5.41) is 10.2. The molecule has 1 aromatic heterocycles. The van der Waals surface area contributed by atoms with Gasteiger partial charge in [0.25, 0.3) is 0 Å². The van der Waals surface area contributed by atoms with E-state index in [2.05, 4.69) is 15.5 Å². The van der Waals surface area contributed by atoms with Crippen LogP contribution in [0.2, 0.25) is 0 Å². The summed E-state index contributed by atoms with van der Waals surface area (Å²) in [4.78, 5) is 11.5. The first-order valence-corrected chi connectivity index (χ1v) is 6.06. The van der Waals surface area contributed by atoms with Crippen LogP contribution in [0.25, 0.3) is 0 Å². The maximum absolute atomic E-state index is 11.5. The van der Waals surface area contributed by atoms with E-state index >= 15 is 0 Å². The fourth-order valence-electron chi connectivity index (χ4n) is 1.84. The molecule has 0 aliphatic heterocycles. The average molecular weight is 259 g/mol. The Labute approximate surface area is 112 Å². The molecular formula is C14H17N3O2. The molecule has 0 bridgehead atoms. The van der Waals surface area contributed by atoms with Gasteiger partial charge in [-0.3, -0.25) is 5.10 Å². The van der Waals surface area contributed by atoms with Gasteiger partial charge in [0.1, 0.15) is 0 Å². The third-order valence-electron chi connectivity index (χ3n) is 3.02. The van der Waals surface area contributed by atoms with Crippen molar-refractivity contribution in [2.45, 2.75) is 19.9 Å². The molecule has 0 aliphatic carbocycles. The van der Waals surface area contributed by atoms with Gasteiger partial charge in [-0.15, -0.1) is 0 Å². The summed E-state index contributed by atoms with van der Waals surface area (Å²) in [6, 6.07) is 7.45. The van der Waals surface area contributed by atoms with Crippen molar-refractivity contribution in [3.05, 3.63) is 47.3 Å². The number of H-pyrrole nitrogens is 1. The predicted octanol–water partition coefficient (Wildman–Crippen LogP) is 2.68. The molecule has 0 radical (unpaired) electrons. The van der Waals surface area contributed by atoms with Crippen LogP contribution in [0.4, 0.5) is 5.69 Å². The number of ether oxygens (including phenoxy) is 1. The Bertz CT molecular complexity index is 564. The number of nitrogens with one attached hydrogen (secondary N) is 2. The number of hydrogen-bond donors (Lipinski definition) is 2. The van der Waals surface area contributed by atoms with Crippen LogP contribution in [0.15, 0.2) is 30.5 Å². The molecule has 0 saturated heterocycles. The van der Waals surface area contributed by atoms with E-state index in [-0.39, 0.29) is 12.0 Å². The Morgan fingerprint density at radius 3 is 2.84 bits per heavy atom. The number of anilines is 1. The first-order valence-electron chi connectivity index (χ1n) is 6.06. The molecule has 0 spiro atoms. The lowest BCUT2D eigenvalue weighted by molar-refractivity contribution is 0.0601. The SMILES string of the molecule is COC(=O)c1ccc(C)c(NC(C)c2ccn[nH]2)c1. The minimum Gasteiger partial charge on any atom is -0.465 e. The molecule has 5 heteroatoms. The fraction of sp³-hybridized carbons (Fsp3) is 0.286. The number of nitrogens with zero attached hydrogens (tertiary/aromatic N) is 1. The summed E-state index contributed by atoms with van der Waals surface area (Å²) in [7, 11) is 1.38. The highest BCUT2D eigenvalue weighted by molar-refractivity contribution is 5.90. The minimum absolute atomic E-state index is 0.0779. The highest BCUT2D eigenvalue weighted by Gasteiger charge is 2.11. The number of benzene rings is 1. The number of hydrogen-bond acceptors (Lipinski definition) is 4. The summed E-state index contributed by atoms with van der Waals surface area (Å²) >= 11 is 0. The van der Waals surface area contributed by atoms with E-state index in [4.69, 9.17) is 4.74 Å². The van der Waals surface area contributed by atoms with Crippen LogP contribution >= 0.6 is 0 Å². The molecule has 0 saturated carbocycles. The summed E-state index contributed by atoms with van der Waals surface area (Å²) in [6.45, 7) is 4.01. The standard InChI is InChI=1S/C14H17N3O2/c1-9-4-5-11(14(18)19-3)8-13(9)16-10(2)12-6-7-15-17-12/h4-8,10,16H,1-3H3,(H,15,17). The monoisotopic (exact) mass is 259 g/mol. The molecule has 2 aromatic rings. The van der Waals surface area contributed by atoms with Crippen molar-refractivity contribution in [1.29, 1.82) is 0 Å². The molecule has 19 heavy (non-hydrogen) atoms. The van der Waals surface area contributed by atoms with E-state index in [0.717, 1.165) is 16.9 Å². The van der Waals surface area contributed by atoms with Crippen LogP contribution in [0.5, 0.6) is 0 Å². The van der Waals surface area contributed by atoms with Crippen molar-refractivity contribution in [2.24, 2.45) is 0 Å². The molecule has 0 amide bonds. The van der Waals surface area contributed by atoms with Crippen LogP contribution in [-0.4, -0.2) is 23.3 Å². The second kappa shape index (κ2) is 5.56. The first-order chi connectivity index (χ1) is 9.11. The summed E-state index contributed by atoms with van der Waals surface area (Å²) < 4.78 is 4.73. The number of carbonyl (C=O) groups excluding carboxylic acids is 1. The van der Waals surface area contributed by atoms with Crippen molar-refractivity contribution in [2.75, 3.05) is 12.4 Å². The van der Waals surface area contributed by atoms with Crippen LogP contribution in [0.3, 0.4) is 0 Å². The van der Waals surface area contributed by atoms with Crippen molar-refractivity contribution in [3.63, 3.8) is 0 Å². The number of esters is 1. The molecule has 2 N–H and O–H groups in total. The van der Waals surface area contributed by atoms with E-state index in [1.54, 1.807) is 18.3 Å². The zero-order valence-electron chi connectivity index (χ0n) is 11.2. The third-order valence-corrected chi connectivity index (χ3v) is 3.02. The summed E-state index contributed by atoms with van der Waals surface area (Å²) in [6.07, 6.45) is 1.71. The van der Waals surface area contributed by atoms with Gasteiger partial charge in [-0.05, 0) is 37.6 Å². The number of rotatable bonds is 4. The lowest BCUT2D eigenvalue weighted by atomic mass is 10.1. The third kappa shape index (κ3) is 2.93. The van der Waals surface area contributed by atoms with Gasteiger partial charge in [0.15, 0.2) is 0 Å². The quantitative estimate of drug-likeness (QED) is 0.828. The summed E-state index contributed by atoms with van der Waals surface area (Å²) in [5.41, 5.74) is 3.50. The van der Waals surface area contributed by atoms with Gasteiger partial charge in [0.2, 0.25) is 0 Å². The van der Waals surface area contributed by atoms with Crippen LogP contribution in [0, 0.1) is 6.92 Å². The van der Waals surface area contributed by atoms with Crippen molar-refractivity contribution >= 4 is 11.7 Å². The highest BCUT2D eigenvalue weighted by atomic mass is 16.5. The lowest BCUT2D eigenvalue weighted by Gasteiger charge is -2.16. The van der Waals surface area contributed by atoms with E-state index in [1.165, 1.54) is 7.11 Å². The first kappa shape index (κ1) is 13.1. The molecular weight excluding hydrogens is 242 g/mol. The second-order valence-electron chi connectivity index (χ2n) is 4.40. The van der Waals surface area contributed by atoms with Gasteiger partial charge < -0.3 is 10.1 Å². The zero-order chi connectivity index (χ0) is 13.8. The number of aromatic nitrogens is 2. The normalized spacial score (nSPS) is 11.9. The minimum atomic E-state index is -0.336. The lowest BCUT2D eigenvalue weighted by Crippen LogP contribution is -2.09. The highest BCUT2D eigenvalue weighted by Crippen LogP contribution is 2.22. The molecule has 100 valence electrons. The molecule has 2 rings (SSSR count). The molecule has 0 fully saturated rings. The molecule has 5 nitrogen and oxygen atoms in total. The van der Waals surface area contributed by atoms with E-state index in [0.29, 0.717) is 5.56 Å². The summed E-state index contributed by atoms with van der Waals surface area (Å²) in [5.74, 6) is -0.336. The Kier molecular flexibility index (Phi) is 3.85. The average Bonchev–Trinajstić information content (AvgIpc) is 2.94. The van der Waals surface area contributed by atoms with Crippen molar-refractivity contribution in [3.8, 4) is 0 Å². The van der Waals surface area contributed by atoms with Gasteiger partial charge >= 0.3 is 5.97 Å². The van der Waals surface area contributed by atoms with E-state index < -0.39 is 0 Å². The number of aryl methyl sites for hydroxylation is 1. The Hall–Kier alpha value is -2.30. The van der Waals surface area contributed by atoms with Gasteiger partial charge in [-0.1, -0.05) is 6.07 Å². The topological polar surface area (TPSA) is 67.0 Å². The zero-order valence-corrected chi connectivity index (χ0v) is 11.2. The number of aromatic amines is 1. The molecule has 1 aromatic carbocycles. The predicted molar refractivity (Wildman–Crippen MR) is 73.1 cm³/mol. The van der Waals surface area contributed by atoms with Gasteiger partial charge in [0.05, 0.1) is 24.4 Å². The van der Waals surface area contributed by atoms with Gasteiger partial charge in [-0.25, -0.2) is 4.79 Å². The maximum atomic E-state index is 11.5. The van der Waals surface area contributed by atoms with Crippen molar-refractivity contribution < 1.29 is 9.53 Å². The molecule has 1 unspecified atom stereocenters. The Balaban J connectivity index is 2.22. The van der Waals surface area contributed by atoms with Gasteiger partial charge in [0, 0.05) is 11.9 Å². The number of carbonyl (C=O) groups is 1. The van der Waals surface area contributed by atoms with Crippen LogP contribution in [-0.2, 0) is 4.74 Å². The Morgan fingerprint density at radius 1 is 1.42 bits per heavy atom. The largest absolute Gasteiger partial charge is 0.465 e. The maximum Gasteiger partial charge on any atom is 0.337 e. The van der Waals surface area contributed by atoms with Crippen LogP contribution in [0.1, 0.15) is 34.6 Å². The molecule has 1 atom stereocenters. The van der Waals surface area contributed by atoms with Gasteiger partial charge in [-0.2, -0.15) is 5.10 Å².